The molecule has 0 atom stereocenters. The van der Waals surface area contributed by atoms with Crippen molar-refractivity contribution in [2.75, 3.05) is 0 Å². The lowest BCUT2D eigenvalue weighted by atomic mass is 10.1. The number of hydrogen-bond donors (Lipinski definition) is 1. The van der Waals surface area contributed by atoms with Crippen LogP contribution in [0.4, 0.5) is 0 Å². The molecule has 1 heterocycles. The molecule has 2 aromatic rings. The van der Waals surface area contributed by atoms with Gasteiger partial charge in [0.2, 0.25) is 0 Å². The van der Waals surface area contributed by atoms with Crippen LogP contribution in [0.1, 0.15) is 54.7 Å². The summed E-state index contributed by atoms with van der Waals surface area (Å²) in [6.07, 6.45) is 2.77. The largest absolute Gasteiger partial charge is 0.481 e. The van der Waals surface area contributed by atoms with Crippen molar-refractivity contribution in [3.05, 3.63) is 29.6 Å². The van der Waals surface area contributed by atoms with Crippen molar-refractivity contribution in [3.63, 3.8) is 0 Å². The van der Waals surface area contributed by atoms with E-state index in [0.29, 0.717) is 24.4 Å². The molecule has 1 aliphatic carbocycles. The molecule has 1 saturated carbocycles. The van der Waals surface area contributed by atoms with E-state index in [1.807, 2.05) is 29.7 Å². The molecule has 0 amide bonds. The first-order chi connectivity index (χ1) is 10.1. The Morgan fingerprint density at radius 1 is 1.38 bits per heavy atom. The average molecular weight is 286 g/mol. The van der Waals surface area contributed by atoms with E-state index in [-0.39, 0.29) is 12.2 Å². The van der Waals surface area contributed by atoms with Crippen molar-refractivity contribution in [2.24, 2.45) is 0 Å². The van der Waals surface area contributed by atoms with Crippen LogP contribution in [-0.4, -0.2) is 26.4 Å². The molecule has 110 valence electrons. The smallest absolute Gasteiger partial charge is 0.305 e. The number of hydrogen-bond acceptors (Lipinski definition) is 3. The Kier molecular flexibility index (Phi) is 3.49. The zero-order chi connectivity index (χ0) is 15.0. The number of rotatable bonds is 6. The lowest BCUT2D eigenvalue weighted by molar-refractivity contribution is -0.137. The third kappa shape index (κ3) is 2.68. The first kappa shape index (κ1) is 13.8. The molecule has 0 bridgehead atoms. The van der Waals surface area contributed by atoms with Crippen molar-refractivity contribution in [3.8, 4) is 0 Å². The highest BCUT2D eigenvalue weighted by Crippen LogP contribution is 2.40. The monoisotopic (exact) mass is 286 g/mol. The summed E-state index contributed by atoms with van der Waals surface area (Å²) in [5.41, 5.74) is 2.39. The number of aliphatic carboxylic acids is 1. The minimum atomic E-state index is -0.809. The Morgan fingerprint density at radius 3 is 2.76 bits per heavy atom. The zero-order valence-corrected chi connectivity index (χ0v) is 12.0. The van der Waals surface area contributed by atoms with Gasteiger partial charge in [-0.25, -0.2) is 4.98 Å². The number of carboxylic acids is 1. The maximum absolute atomic E-state index is 11.8. The van der Waals surface area contributed by atoms with Crippen LogP contribution in [0.25, 0.3) is 11.0 Å². The molecule has 1 N–H and O–H groups in total. The number of aromatic nitrogens is 2. The van der Waals surface area contributed by atoms with E-state index < -0.39 is 5.97 Å². The summed E-state index contributed by atoms with van der Waals surface area (Å²) < 4.78 is 2.00. The minimum Gasteiger partial charge on any atom is -0.481 e. The highest BCUT2D eigenvalue weighted by atomic mass is 16.4. The molecule has 5 nitrogen and oxygen atoms in total. The zero-order valence-electron chi connectivity index (χ0n) is 12.0. The quantitative estimate of drug-likeness (QED) is 0.829. The molecule has 0 spiro atoms. The van der Waals surface area contributed by atoms with Crippen LogP contribution in [0.2, 0.25) is 0 Å². The fourth-order valence-electron chi connectivity index (χ4n) is 2.62. The molecule has 1 aromatic carbocycles. The van der Waals surface area contributed by atoms with E-state index >= 15 is 0 Å². The Balaban J connectivity index is 2.04. The molecule has 1 fully saturated rings. The fraction of sp³-hybridized carbons (Fsp3) is 0.438. The standard InChI is InChI=1S/C16H18N2O3/c1-2-14(19)11-5-6-13-12(9-11)17-16(10-3-4-10)18(13)8-7-15(20)21/h5-6,9-10H,2-4,7-8H2,1H3,(H,20,21). The number of carboxylic acid groups (broad SMARTS) is 1. The number of carbonyl (C=O) groups is 2. The summed E-state index contributed by atoms with van der Waals surface area (Å²) in [5.74, 6) is 0.699. The minimum absolute atomic E-state index is 0.0841. The second-order valence-electron chi connectivity index (χ2n) is 5.52. The van der Waals surface area contributed by atoms with Crippen LogP contribution in [0.15, 0.2) is 18.2 Å². The average Bonchev–Trinajstić information content (AvgIpc) is 3.25. The highest BCUT2D eigenvalue weighted by Gasteiger charge is 2.29. The van der Waals surface area contributed by atoms with Gasteiger partial charge in [-0.15, -0.1) is 0 Å². The van der Waals surface area contributed by atoms with Gasteiger partial charge in [0.15, 0.2) is 5.78 Å². The lowest BCUT2D eigenvalue weighted by Crippen LogP contribution is -2.07. The lowest BCUT2D eigenvalue weighted by Gasteiger charge is -2.07. The van der Waals surface area contributed by atoms with Crippen LogP contribution in [-0.2, 0) is 11.3 Å². The third-order valence-corrected chi connectivity index (χ3v) is 3.91. The SMILES string of the molecule is CCC(=O)c1ccc2c(c1)nc(C1CC1)n2CCC(=O)O. The Bertz CT molecular complexity index is 714. The molecule has 0 saturated heterocycles. The summed E-state index contributed by atoms with van der Waals surface area (Å²) in [4.78, 5) is 27.3. The second-order valence-corrected chi connectivity index (χ2v) is 5.52. The first-order valence-electron chi connectivity index (χ1n) is 7.35. The van der Waals surface area contributed by atoms with Gasteiger partial charge in [0.25, 0.3) is 0 Å². The topological polar surface area (TPSA) is 72.2 Å². The predicted molar refractivity (Wildman–Crippen MR) is 78.6 cm³/mol. The number of aryl methyl sites for hydroxylation is 1. The van der Waals surface area contributed by atoms with Gasteiger partial charge in [-0.3, -0.25) is 9.59 Å². The highest BCUT2D eigenvalue weighted by molar-refractivity contribution is 5.98. The van der Waals surface area contributed by atoms with E-state index in [1.165, 1.54) is 0 Å². The van der Waals surface area contributed by atoms with E-state index in [1.54, 1.807) is 0 Å². The maximum atomic E-state index is 11.8. The number of imidazole rings is 1. The number of Topliss-reactive ketones (excluding diaryl/α,β-unsaturated/α-hetero) is 1. The number of ketones is 1. The predicted octanol–water partition coefficient (Wildman–Crippen LogP) is 2.98. The van der Waals surface area contributed by atoms with E-state index in [9.17, 15) is 9.59 Å². The van der Waals surface area contributed by atoms with Gasteiger partial charge in [0.05, 0.1) is 17.5 Å². The van der Waals surface area contributed by atoms with Gasteiger partial charge >= 0.3 is 5.97 Å². The number of benzene rings is 1. The van der Waals surface area contributed by atoms with Gasteiger partial charge in [-0.2, -0.15) is 0 Å². The second kappa shape index (κ2) is 5.31. The van der Waals surface area contributed by atoms with Crippen LogP contribution in [0, 0.1) is 0 Å². The molecular weight excluding hydrogens is 268 g/mol. The van der Waals surface area contributed by atoms with Gasteiger partial charge < -0.3 is 9.67 Å². The van der Waals surface area contributed by atoms with Crippen molar-refractivity contribution in [1.82, 2.24) is 9.55 Å². The number of nitrogens with zero attached hydrogens (tertiary/aromatic N) is 2. The summed E-state index contributed by atoms with van der Waals surface area (Å²) in [6.45, 7) is 2.27. The molecule has 0 radical (unpaired) electrons. The normalized spacial score (nSPS) is 14.5. The van der Waals surface area contributed by atoms with Gasteiger partial charge in [-0.1, -0.05) is 6.92 Å². The Morgan fingerprint density at radius 2 is 2.14 bits per heavy atom. The van der Waals surface area contributed by atoms with Crippen LogP contribution >= 0.6 is 0 Å². The molecule has 3 rings (SSSR count). The Labute approximate surface area is 122 Å². The maximum Gasteiger partial charge on any atom is 0.305 e. The molecule has 5 heteroatoms. The number of fused-ring (bicyclic) bond motifs is 1. The molecule has 21 heavy (non-hydrogen) atoms. The summed E-state index contributed by atoms with van der Waals surface area (Å²) >= 11 is 0. The van der Waals surface area contributed by atoms with Crippen LogP contribution in [0.5, 0.6) is 0 Å². The van der Waals surface area contributed by atoms with Gasteiger partial charge in [0, 0.05) is 24.4 Å². The van der Waals surface area contributed by atoms with Crippen molar-refractivity contribution < 1.29 is 14.7 Å². The Hall–Kier alpha value is -2.17. The van der Waals surface area contributed by atoms with Gasteiger partial charge in [0.1, 0.15) is 5.82 Å². The molecule has 1 aromatic heterocycles. The van der Waals surface area contributed by atoms with Crippen molar-refractivity contribution in [2.45, 2.75) is 45.1 Å². The van der Waals surface area contributed by atoms with E-state index in [4.69, 9.17) is 5.11 Å². The third-order valence-electron chi connectivity index (χ3n) is 3.91. The molecular formula is C16H18N2O3. The molecule has 1 aliphatic rings. The summed E-state index contributed by atoms with van der Waals surface area (Å²) in [6, 6.07) is 5.52. The van der Waals surface area contributed by atoms with Crippen LogP contribution in [0.3, 0.4) is 0 Å². The van der Waals surface area contributed by atoms with Crippen LogP contribution < -0.4 is 0 Å². The molecule has 0 unspecified atom stereocenters. The van der Waals surface area contributed by atoms with E-state index in [0.717, 1.165) is 29.7 Å². The van der Waals surface area contributed by atoms with Crippen molar-refractivity contribution in [1.29, 1.82) is 0 Å². The van der Waals surface area contributed by atoms with Gasteiger partial charge in [-0.05, 0) is 31.0 Å². The van der Waals surface area contributed by atoms with Crippen molar-refractivity contribution >= 4 is 22.8 Å². The van der Waals surface area contributed by atoms with E-state index in [2.05, 4.69) is 4.98 Å². The summed E-state index contributed by atoms with van der Waals surface area (Å²) in [7, 11) is 0. The first-order valence-corrected chi connectivity index (χ1v) is 7.35. The number of carbonyl (C=O) groups excluding carboxylic acids is 1. The summed E-state index contributed by atoms with van der Waals surface area (Å²) in [5, 5.41) is 8.90. The molecule has 0 aliphatic heterocycles. The fourth-order valence-corrected chi connectivity index (χ4v) is 2.62.